The summed E-state index contributed by atoms with van der Waals surface area (Å²) in [5.74, 6) is -2.11. The van der Waals surface area contributed by atoms with Gasteiger partial charge in [0.1, 0.15) is 6.54 Å². The van der Waals surface area contributed by atoms with E-state index in [4.69, 9.17) is 4.74 Å². The molecule has 4 rings (SSSR count). The number of hydrogen-bond acceptors (Lipinski definition) is 7. The molecule has 28 heavy (non-hydrogen) atoms. The standard InChI is InChI=1S/C19H18N2O7/c22-14(10-3-5-13(6-4-10)21(26)27)9-28-15(23)8-20-18(24)16-11-1-2-12(7-11)17(16)19(20)25/h3-6,11-12,16-17H,1-2,7-9H2/t11-,12-,16-,17-/m0/s1. The summed E-state index contributed by atoms with van der Waals surface area (Å²) >= 11 is 0. The lowest BCUT2D eigenvalue weighted by Gasteiger charge is -2.19. The summed E-state index contributed by atoms with van der Waals surface area (Å²) in [6.45, 7) is -1.05. The van der Waals surface area contributed by atoms with Crippen molar-refractivity contribution >= 4 is 29.3 Å². The number of fused-ring (bicyclic) bond motifs is 5. The van der Waals surface area contributed by atoms with Gasteiger partial charge >= 0.3 is 5.97 Å². The number of carbonyl (C=O) groups excluding carboxylic acids is 4. The molecule has 2 bridgehead atoms. The number of ether oxygens (including phenoxy) is 1. The first-order valence-corrected chi connectivity index (χ1v) is 9.15. The topological polar surface area (TPSA) is 124 Å². The zero-order valence-electron chi connectivity index (χ0n) is 14.9. The highest BCUT2D eigenvalue weighted by Crippen LogP contribution is 2.56. The van der Waals surface area contributed by atoms with Crippen LogP contribution in [0.25, 0.3) is 0 Å². The molecule has 0 aromatic heterocycles. The Kier molecular flexibility index (Phi) is 4.44. The van der Waals surface area contributed by atoms with Crippen LogP contribution in [-0.4, -0.2) is 46.5 Å². The lowest BCUT2D eigenvalue weighted by Crippen LogP contribution is -2.38. The Balaban J connectivity index is 1.32. The molecule has 146 valence electrons. The van der Waals surface area contributed by atoms with Crippen LogP contribution in [0.15, 0.2) is 24.3 Å². The molecule has 1 saturated heterocycles. The molecule has 2 aliphatic carbocycles. The van der Waals surface area contributed by atoms with Crippen molar-refractivity contribution in [2.75, 3.05) is 13.2 Å². The predicted molar refractivity (Wildman–Crippen MR) is 92.9 cm³/mol. The molecule has 1 aromatic rings. The largest absolute Gasteiger partial charge is 0.456 e. The Morgan fingerprint density at radius 2 is 1.64 bits per heavy atom. The molecule has 4 atom stereocenters. The highest BCUT2D eigenvalue weighted by molar-refractivity contribution is 6.08. The zero-order valence-corrected chi connectivity index (χ0v) is 14.9. The van der Waals surface area contributed by atoms with Gasteiger partial charge in [-0.3, -0.25) is 34.2 Å². The Labute approximate surface area is 159 Å². The fourth-order valence-electron chi connectivity index (χ4n) is 4.80. The van der Waals surface area contributed by atoms with E-state index in [-0.39, 0.29) is 46.7 Å². The van der Waals surface area contributed by atoms with E-state index in [0.717, 1.165) is 24.2 Å². The number of nitro groups is 1. The van der Waals surface area contributed by atoms with Gasteiger partial charge in [0.15, 0.2) is 12.4 Å². The van der Waals surface area contributed by atoms with Crippen LogP contribution in [0.4, 0.5) is 5.69 Å². The Bertz CT molecular complexity index is 851. The fraction of sp³-hybridized carbons (Fsp3) is 0.474. The van der Waals surface area contributed by atoms with Crippen LogP contribution < -0.4 is 0 Å². The molecule has 9 heteroatoms. The summed E-state index contributed by atoms with van der Waals surface area (Å²) in [4.78, 5) is 60.2. The molecule has 9 nitrogen and oxygen atoms in total. The van der Waals surface area contributed by atoms with Crippen LogP contribution in [0.1, 0.15) is 29.6 Å². The first-order valence-electron chi connectivity index (χ1n) is 9.15. The number of rotatable bonds is 6. The maximum absolute atomic E-state index is 12.5. The SMILES string of the molecule is O=C(CN1C(=O)[C@H]2[C@H]3CC[C@@H](C3)[C@@H]2C1=O)OCC(=O)c1ccc([N+](=O)[O-])cc1. The number of nitrogens with zero attached hydrogens (tertiary/aromatic N) is 2. The Morgan fingerprint density at radius 3 is 2.18 bits per heavy atom. The third-order valence-electron chi connectivity index (χ3n) is 6.07. The average Bonchev–Trinajstić information content (AvgIpc) is 3.36. The first-order chi connectivity index (χ1) is 13.4. The number of ketones is 1. The number of likely N-dealkylation sites (tertiary alicyclic amines) is 1. The van der Waals surface area contributed by atoms with Crippen molar-refractivity contribution in [2.45, 2.75) is 19.3 Å². The normalized spacial score (nSPS) is 27.8. The minimum absolute atomic E-state index is 0.154. The number of carbonyl (C=O) groups is 4. The number of non-ortho nitro benzene ring substituents is 1. The van der Waals surface area contributed by atoms with Gasteiger partial charge in [-0.1, -0.05) is 0 Å². The summed E-state index contributed by atoms with van der Waals surface area (Å²) in [5, 5.41) is 10.6. The highest BCUT2D eigenvalue weighted by atomic mass is 16.6. The summed E-state index contributed by atoms with van der Waals surface area (Å²) in [6.07, 6.45) is 2.81. The van der Waals surface area contributed by atoms with Crippen LogP contribution in [-0.2, 0) is 19.1 Å². The molecule has 2 saturated carbocycles. The smallest absolute Gasteiger partial charge is 0.326 e. The molecule has 1 aliphatic heterocycles. The quantitative estimate of drug-likeness (QED) is 0.238. The summed E-state index contributed by atoms with van der Waals surface area (Å²) in [7, 11) is 0. The van der Waals surface area contributed by atoms with E-state index < -0.39 is 29.8 Å². The first kappa shape index (κ1) is 18.3. The van der Waals surface area contributed by atoms with Crippen LogP contribution in [0.3, 0.4) is 0 Å². The third-order valence-corrected chi connectivity index (χ3v) is 6.07. The number of nitro benzene ring substituents is 1. The van der Waals surface area contributed by atoms with Crippen LogP contribution >= 0.6 is 0 Å². The van der Waals surface area contributed by atoms with Crippen molar-refractivity contribution in [3.63, 3.8) is 0 Å². The van der Waals surface area contributed by atoms with Crippen LogP contribution in [0.5, 0.6) is 0 Å². The maximum Gasteiger partial charge on any atom is 0.326 e. The summed E-state index contributed by atoms with van der Waals surface area (Å²) in [5.41, 5.74) is 0.0111. The zero-order chi connectivity index (χ0) is 20.0. The van der Waals surface area contributed by atoms with E-state index in [1.807, 2.05) is 0 Å². The lowest BCUT2D eigenvalue weighted by molar-refractivity contribution is -0.384. The third kappa shape index (κ3) is 2.96. The average molecular weight is 386 g/mol. The van der Waals surface area contributed by atoms with E-state index in [1.54, 1.807) is 0 Å². The van der Waals surface area contributed by atoms with Gasteiger partial charge in [0, 0.05) is 17.7 Å². The van der Waals surface area contributed by atoms with Crippen LogP contribution in [0.2, 0.25) is 0 Å². The number of esters is 1. The fourth-order valence-corrected chi connectivity index (χ4v) is 4.80. The second kappa shape index (κ2) is 6.81. The molecule has 1 heterocycles. The number of Topliss-reactive ketones (excluding diaryl/α,β-unsaturated/α-hetero) is 1. The van der Waals surface area contributed by atoms with Gasteiger partial charge in [0.25, 0.3) is 5.69 Å². The number of hydrogen-bond donors (Lipinski definition) is 0. The second-order valence-electron chi connectivity index (χ2n) is 7.54. The van der Waals surface area contributed by atoms with E-state index >= 15 is 0 Å². The Hall–Kier alpha value is -3.10. The Morgan fingerprint density at radius 1 is 1.07 bits per heavy atom. The maximum atomic E-state index is 12.5. The predicted octanol–water partition coefficient (Wildman–Crippen LogP) is 1.35. The van der Waals surface area contributed by atoms with Gasteiger partial charge in [-0.15, -0.1) is 0 Å². The highest BCUT2D eigenvalue weighted by Gasteiger charge is 2.61. The van der Waals surface area contributed by atoms with Gasteiger partial charge in [0.05, 0.1) is 16.8 Å². The van der Waals surface area contributed by atoms with Gasteiger partial charge < -0.3 is 4.74 Å². The molecule has 0 radical (unpaired) electrons. The van der Waals surface area contributed by atoms with Gasteiger partial charge in [-0.05, 0) is 43.2 Å². The summed E-state index contributed by atoms with van der Waals surface area (Å²) < 4.78 is 4.92. The van der Waals surface area contributed by atoms with Crippen molar-refractivity contribution in [1.82, 2.24) is 4.90 Å². The minimum atomic E-state index is -0.829. The minimum Gasteiger partial charge on any atom is -0.456 e. The van der Waals surface area contributed by atoms with E-state index in [9.17, 15) is 29.3 Å². The second-order valence-corrected chi connectivity index (χ2v) is 7.54. The number of benzene rings is 1. The molecule has 0 N–H and O–H groups in total. The molecule has 0 unspecified atom stereocenters. The molecular weight excluding hydrogens is 368 g/mol. The monoisotopic (exact) mass is 386 g/mol. The van der Waals surface area contributed by atoms with Crippen molar-refractivity contribution in [2.24, 2.45) is 23.7 Å². The van der Waals surface area contributed by atoms with Gasteiger partial charge in [-0.2, -0.15) is 0 Å². The number of imide groups is 1. The van der Waals surface area contributed by atoms with Crippen molar-refractivity contribution in [1.29, 1.82) is 0 Å². The van der Waals surface area contributed by atoms with Gasteiger partial charge in [0.2, 0.25) is 11.8 Å². The number of amides is 2. The van der Waals surface area contributed by atoms with E-state index in [1.165, 1.54) is 24.3 Å². The lowest BCUT2D eigenvalue weighted by atomic mass is 9.81. The van der Waals surface area contributed by atoms with E-state index in [2.05, 4.69) is 0 Å². The van der Waals surface area contributed by atoms with Gasteiger partial charge in [-0.25, -0.2) is 0 Å². The molecular formula is C19H18N2O7. The molecule has 1 aromatic carbocycles. The molecule has 3 aliphatic rings. The van der Waals surface area contributed by atoms with Crippen LogP contribution in [0, 0.1) is 33.8 Å². The van der Waals surface area contributed by atoms with E-state index in [0.29, 0.717) is 0 Å². The molecule has 0 spiro atoms. The molecule has 2 amide bonds. The summed E-state index contributed by atoms with van der Waals surface area (Å²) in [6, 6.07) is 4.92. The van der Waals surface area contributed by atoms with Crippen molar-refractivity contribution in [3.05, 3.63) is 39.9 Å². The van der Waals surface area contributed by atoms with Crippen molar-refractivity contribution in [3.8, 4) is 0 Å². The van der Waals surface area contributed by atoms with Crippen molar-refractivity contribution < 1.29 is 28.8 Å². The molecule has 3 fully saturated rings.